The second-order valence-corrected chi connectivity index (χ2v) is 8.54. The van der Waals surface area contributed by atoms with Crippen LogP contribution in [0.2, 0.25) is 0 Å². The highest BCUT2D eigenvalue weighted by Crippen LogP contribution is 2.34. The summed E-state index contributed by atoms with van der Waals surface area (Å²) in [7, 11) is 0. The van der Waals surface area contributed by atoms with Gasteiger partial charge in [-0.1, -0.05) is 52.3 Å². The minimum atomic E-state index is -0.781. The number of aliphatic hydroxyl groups excluding tert-OH is 1. The molecule has 3 rings (SSSR count). The lowest BCUT2D eigenvalue weighted by molar-refractivity contribution is -0.0227. The van der Waals surface area contributed by atoms with E-state index in [4.69, 9.17) is 9.47 Å². The van der Waals surface area contributed by atoms with Crippen LogP contribution in [0.5, 0.6) is 5.75 Å². The van der Waals surface area contributed by atoms with E-state index >= 15 is 0 Å². The van der Waals surface area contributed by atoms with Crippen molar-refractivity contribution in [3.05, 3.63) is 64.1 Å². The van der Waals surface area contributed by atoms with Crippen molar-refractivity contribution in [3.8, 4) is 5.75 Å². The average molecular weight is 434 g/mol. The van der Waals surface area contributed by atoms with Crippen LogP contribution in [0, 0.1) is 0 Å². The Labute approximate surface area is 168 Å². The van der Waals surface area contributed by atoms with Crippen molar-refractivity contribution in [2.75, 3.05) is 13.1 Å². The molecule has 2 aromatic rings. The third kappa shape index (κ3) is 5.02. The zero-order valence-corrected chi connectivity index (χ0v) is 17.3. The van der Waals surface area contributed by atoms with Gasteiger partial charge in [-0.25, -0.2) is 4.79 Å². The maximum Gasteiger partial charge on any atom is 0.410 e. The van der Waals surface area contributed by atoms with Gasteiger partial charge in [0.15, 0.2) is 0 Å². The first-order valence-corrected chi connectivity index (χ1v) is 9.69. The molecular formula is C21H24BrNO4. The zero-order valence-electron chi connectivity index (χ0n) is 15.7. The molecule has 1 aliphatic rings. The molecule has 1 aliphatic heterocycles. The van der Waals surface area contributed by atoms with Crippen molar-refractivity contribution in [1.29, 1.82) is 0 Å². The van der Waals surface area contributed by atoms with Crippen LogP contribution >= 0.6 is 15.9 Å². The lowest BCUT2D eigenvalue weighted by Gasteiger charge is -2.39. The minimum Gasteiger partial charge on any atom is -0.486 e. The minimum absolute atomic E-state index is 0.131. The predicted octanol–water partition coefficient (Wildman–Crippen LogP) is 4.53. The molecule has 1 amide bonds. The maximum absolute atomic E-state index is 12.1. The summed E-state index contributed by atoms with van der Waals surface area (Å²) in [6, 6.07) is 15.0. The van der Waals surface area contributed by atoms with E-state index in [1.54, 1.807) is 4.90 Å². The van der Waals surface area contributed by atoms with E-state index in [0.717, 1.165) is 10.0 Å². The lowest BCUT2D eigenvalue weighted by atomic mass is 10.0. The fraction of sp³-hybridized carbons (Fsp3) is 0.381. The molecule has 144 valence electrons. The third-order valence-corrected chi connectivity index (χ3v) is 4.67. The van der Waals surface area contributed by atoms with E-state index in [-0.39, 0.29) is 12.2 Å². The Bertz CT molecular complexity index is 798. The topological polar surface area (TPSA) is 59.0 Å². The maximum atomic E-state index is 12.1. The second kappa shape index (κ2) is 7.90. The number of benzene rings is 2. The number of aliphatic hydroxyl groups is 1. The summed E-state index contributed by atoms with van der Waals surface area (Å²) in [4.78, 5) is 13.7. The number of carbonyl (C=O) groups excluding carboxylic acids is 1. The normalized spacial score (nSPS) is 15.8. The largest absolute Gasteiger partial charge is 0.486 e. The fourth-order valence-electron chi connectivity index (χ4n) is 2.82. The molecule has 0 radical (unpaired) electrons. The van der Waals surface area contributed by atoms with Gasteiger partial charge in [0.25, 0.3) is 0 Å². The summed E-state index contributed by atoms with van der Waals surface area (Å²) in [5, 5.41) is 10.8. The zero-order chi connectivity index (χ0) is 19.6. The van der Waals surface area contributed by atoms with Gasteiger partial charge in [-0.15, -0.1) is 0 Å². The molecule has 0 saturated carbocycles. The number of rotatable bonds is 4. The number of nitrogens with zero attached hydrogens (tertiary/aromatic N) is 1. The molecule has 1 fully saturated rings. The summed E-state index contributed by atoms with van der Waals surface area (Å²) in [6.07, 6.45) is -1.24. The van der Waals surface area contributed by atoms with Crippen LogP contribution in [0.1, 0.15) is 38.0 Å². The number of halogens is 1. The Morgan fingerprint density at radius 3 is 2.48 bits per heavy atom. The van der Waals surface area contributed by atoms with Gasteiger partial charge >= 0.3 is 6.09 Å². The molecule has 2 aromatic carbocycles. The average Bonchev–Trinajstić information content (AvgIpc) is 2.56. The van der Waals surface area contributed by atoms with Crippen molar-refractivity contribution in [3.63, 3.8) is 0 Å². The summed E-state index contributed by atoms with van der Waals surface area (Å²) >= 11 is 3.45. The Morgan fingerprint density at radius 2 is 1.85 bits per heavy atom. The van der Waals surface area contributed by atoms with Crippen molar-refractivity contribution in [2.24, 2.45) is 0 Å². The summed E-state index contributed by atoms with van der Waals surface area (Å²) in [5.74, 6) is 0.606. The monoisotopic (exact) mass is 433 g/mol. The Kier molecular flexibility index (Phi) is 5.77. The van der Waals surface area contributed by atoms with Crippen LogP contribution in [-0.2, 0) is 4.74 Å². The van der Waals surface area contributed by atoms with E-state index < -0.39 is 11.7 Å². The van der Waals surface area contributed by atoms with Crippen molar-refractivity contribution in [2.45, 2.75) is 38.6 Å². The van der Waals surface area contributed by atoms with E-state index in [2.05, 4.69) is 15.9 Å². The number of hydrogen-bond donors (Lipinski definition) is 1. The van der Waals surface area contributed by atoms with Gasteiger partial charge in [0, 0.05) is 10.0 Å². The van der Waals surface area contributed by atoms with E-state index in [1.807, 2.05) is 69.3 Å². The first-order chi connectivity index (χ1) is 12.7. The molecule has 1 atom stereocenters. The molecule has 0 spiro atoms. The van der Waals surface area contributed by atoms with Gasteiger partial charge in [0.05, 0.1) is 13.1 Å². The number of likely N-dealkylation sites (tertiary alicyclic amines) is 1. The summed E-state index contributed by atoms with van der Waals surface area (Å²) in [5.41, 5.74) is 0.981. The summed E-state index contributed by atoms with van der Waals surface area (Å²) in [6.45, 7) is 6.46. The van der Waals surface area contributed by atoms with Crippen molar-refractivity contribution < 1.29 is 19.4 Å². The van der Waals surface area contributed by atoms with Gasteiger partial charge in [-0.05, 0) is 38.5 Å². The highest BCUT2D eigenvalue weighted by molar-refractivity contribution is 9.10. The van der Waals surface area contributed by atoms with Gasteiger partial charge < -0.3 is 19.5 Å². The van der Waals surface area contributed by atoms with Crippen molar-refractivity contribution >= 4 is 22.0 Å². The quantitative estimate of drug-likeness (QED) is 0.769. The molecule has 5 nitrogen and oxygen atoms in total. The van der Waals surface area contributed by atoms with Gasteiger partial charge in [-0.2, -0.15) is 0 Å². The first kappa shape index (κ1) is 19.7. The van der Waals surface area contributed by atoms with Crippen molar-refractivity contribution in [1.82, 2.24) is 4.90 Å². The van der Waals surface area contributed by atoms with Crippen LogP contribution in [-0.4, -0.2) is 40.9 Å². The Hall–Kier alpha value is -2.05. The molecule has 1 unspecified atom stereocenters. The summed E-state index contributed by atoms with van der Waals surface area (Å²) < 4.78 is 12.3. The fourth-order valence-corrected chi connectivity index (χ4v) is 3.16. The molecular weight excluding hydrogens is 410 g/mol. The molecule has 1 N–H and O–H groups in total. The highest BCUT2D eigenvalue weighted by Gasteiger charge is 2.35. The SMILES string of the molecule is CC(C)(C)OC(=O)N1CC(Oc2cc(Br)ccc2C(O)c2ccccc2)C1. The number of hydrogen-bond acceptors (Lipinski definition) is 4. The predicted molar refractivity (Wildman–Crippen MR) is 107 cm³/mol. The Balaban J connectivity index is 1.68. The smallest absolute Gasteiger partial charge is 0.410 e. The van der Waals surface area contributed by atoms with Crippen LogP contribution < -0.4 is 4.74 Å². The standard InChI is InChI=1S/C21H24BrNO4/c1-21(2,3)27-20(25)23-12-16(13-23)26-18-11-15(22)9-10-17(18)19(24)14-7-5-4-6-8-14/h4-11,16,19,24H,12-13H2,1-3H3. The van der Waals surface area contributed by atoms with Gasteiger partial charge in [0.2, 0.25) is 0 Å². The third-order valence-electron chi connectivity index (χ3n) is 4.18. The van der Waals surface area contributed by atoms with E-state index in [1.165, 1.54) is 0 Å². The van der Waals surface area contributed by atoms with Gasteiger partial charge in [-0.3, -0.25) is 0 Å². The van der Waals surface area contributed by atoms with E-state index in [9.17, 15) is 9.90 Å². The van der Waals surface area contributed by atoms with Crippen LogP contribution in [0.15, 0.2) is 53.0 Å². The molecule has 1 saturated heterocycles. The number of carbonyl (C=O) groups is 1. The molecule has 0 bridgehead atoms. The van der Waals surface area contributed by atoms with Crippen LogP contribution in [0.3, 0.4) is 0 Å². The van der Waals surface area contributed by atoms with Crippen LogP contribution in [0.25, 0.3) is 0 Å². The molecule has 27 heavy (non-hydrogen) atoms. The highest BCUT2D eigenvalue weighted by atomic mass is 79.9. The number of ether oxygens (including phenoxy) is 2. The molecule has 0 aromatic heterocycles. The Morgan fingerprint density at radius 1 is 1.19 bits per heavy atom. The lowest BCUT2D eigenvalue weighted by Crippen LogP contribution is -2.57. The molecule has 1 heterocycles. The van der Waals surface area contributed by atoms with Gasteiger partial charge in [0.1, 0.15) is 23.6 Å². The molecule has 6 heteroatoms. The first-order valence-electron chi connectivity index (χ1n) is 8.90. The number of amides is 1. The van der Waals surface area contributed by atoms with Crippen LogP contribution in [0.4, 0.5) is 4.79 Å². The molecule has 0 aliphatic carbocycles. The second-order valence-electron chi connectivity index (χ2n) is 7.62. The van der Waals surface area contributed by atoms with E-state index in [0.29, 0.717) is 24.4 Å².